The standard InChI is InChI=1S/C15H15N3O/c1-10-11(2)18(9-16-10)8-13-7-12-5-3-4-6-14(12)17-15(13)19/h3-7,9H,8H2,1-2H3,(H,17,19). The van der Waals surface area contributed by atoms with Crippen molar-refractivity contribution in [3.8, 4) is 0 Å². The summed E-state index contributed by atoms with van der Waals surface area (Å²) in [5.41, 5.74) is 3.67. The summed E-state index contributed by atoms with van der Waals surface area (Å²) in [6.07, 6.45) is 1.78. The number of aromatic amines is 1. The van der Waals surface area contributed by atoms with Crippen molar-refractivity contribution >= 4 is 10.9 Å². The van der Waals surface area contributed by atoms with Crippen molar-refractivity contribution in [2.75, 3.05) is 0 Å². The second kappa shape index (κ2) is 4.39. The maximum Gasteiger partial charge on any atom is 0.253 e. The van der Waals surface area contributed by atoms with Crippen LogP contribution in [0.1, 0.15) is 17.0 Å². The normalized spacial score (nSPS) is 11.1. The van der Waals surface area contributed by atoms with Crippen LogP contribution in [0.3, 0.4) is 0 Å². The zero-order valence-corrected chi connectivity index (χ0v) is 11.0. The van der Waals surface area contributed by atoms with E-state index in [1.807, 2.05) is 48.7 Å². The molecule has 1 aromatic carbocycles. The van der Waals surface area contributed by atoms with E-state index < -0.39 is 0 Å². The van der Waals surface area contributed by atoms with E-state index in [2.05, 4.69) is 9.97 Å². The Morgan fingerprint density at radius 3 is 2.79 bits per heavy atom. The number of nitrogens with one attached hydrogen (secondary N) is 1. The number of rotatable bonds is 2. The topological polar surface area (TPSA) is 50.7 Å². The van der Waals surface area contributed by atoms with E-state index in [1.54, 1.807) is 6.33 Å². The third kappa shape index (κ3) is 2.05. The molecule has 2 aromatic heterocycles. The van der Waals surface area contributed by atoms with E-state index >= 15 is 0 Å². The predicted molar refractivity (Wildman–Crippen MR) is 75.4 cm³/mol. The average Bonchev–Trinajstić information content (AvgIpc) is 2.71. The minimum absolute atomic E-state index is 0.0375. The molecule has 0 spiro atoms. The lowest BCUT2D eigenvalue weighted by Gasteiger charge is -2.06. The zero-order valence-electron chi connectivity index (χ0n) is 11.0. The number of fused-ring (bicyclic) bond motifs is 1. The highest BCUT2D eigenvalue weighted by Crippen LogP contribution is 2.12. The lowest BCUT2D eigenvalue weighted by Crippen LogP contribution is -2.15. The van der Waals surface area contributed by atoms with Gasteiger partial charge in [0, 0.05) is 16.8 Å². The third-order valence-corrected chi connectivity index (χ3v) is 3.52. The zero-order chi connectivity index (χ0) is 13.4. The predicted octanol–water partition coefficient (Wildman–Crippen LogP) is 2.39. The highest BCUT2D eigenvalue weighted by atomic mass is 16.1. The van der Waals surface area contributed by atoms with Crippen LogP contribution in [0.15, 0.2) is 41.5 Å². The fourth-order valence-electron chi connectivity index (χ4n) is 2.20. The van der Waals surface area contributed by atoms with Crippen LogP contribution in [-0.4, -0.2) is 14.5 Å². The van der Waals surface area contributed by atoms with Gasteiger partial charge in [-0.15, -0.1) is 0 Å². The van der Waals surface area contributed by atoms with Gasteiger partial charge >= 0.3 is 0 Å². The maximum atomic E-state index is 12.1. The Morgan fingerprint density at radius 1 is 1.26 bits per heavy atom. The van der Waals surface area contributed by atoms with Crippen molar-refractivity contribution in [3.63, 3.8) is 0 Å². The van der Waals surface area contributed by atoms with Gasteiger partial charge in [-0.05, 0) is 31.4 Å². The molecule has 96 valence electrons. The van der Waals surface area contributed by atoms with Crippen molar-refractivity contribution in [1.29, 1.82) is 0 Å². The molecule has 4 heteroatoms. The van der Waals surface area contributed by atoms with E-state index in [-0.39, 0.29) is 5.56 Å². The molecule has 0 aliphatic heterocycles. The molecule has 0 bridgehead atoms. The summed E-state index contributed by atoms with van der Waals surface area (Å²) in [4.78, 5) is 19.2. The Labute approximate surface area is 110 Å². The number of pyridine rings is 1. The molecule has 0 saturated carbocycles. The van der Waals surface area contributed by atoms with Crippen LogP contribution in [0, 0.1) is 13.8 Å². The monoisotopic (exact) mass is 253 g/mol. The molecule has 0 amide bonds. The lowest BCUT2D eigenvalue weighted by molar-refractivity contribution is 0.761. The highest BCUT2D eigenvalue weighted by molar-refractivity contribution is 5.78. The van der Waals surface area contributed by atoms with Gasteiger partial charge in [0.15, 0.2) is 0 Å². The molecule has 0 fully saturated rings. The smallest absolute Gasteiger partial charge is 0.253 e. The summed E-state index contributed by atoms with van der Waals surface area (Å²) in [5, 5.41) is 1.05. The Kier molecular flexibility index (Phi) is 2.71. The molecule has 3 rings (SSSR count). The Morgan fingerprint density at radius 2 is 2.05 bits per heavy atom. The van der Waals surface area contributed by atoms with Gasteiger partial charge in [0.1, 0.15) is 0 Å². The molecule has 0 atom stereocenters. The van der Waals surface area contributed by atoms with E-state index in [0.717, 1.165) is 27.9 Å². The van der Waals surface area contributed by atoms with Crippen molar-refractivity contribution in [3.05, 3.63) is 64.0 Å². The maximum absolute atomic E-state index is 12.1. The number of imidazole rings is 1. The average molecular weight is 253 g/mol. The molecular weight excluding hydrogens is 238 g/mol. The Hall–Kier alpha value is -2.36. The minimum Gasteiger partial charge on any atom is -0.330 e. The second-order valence-electron chi connectivity index (χ2n) is 4.75. The summed E-state index contributed by atoms with van der Waals surface area (Å²) in [6, 6.07) is 9.75. The largest absolute Gasteiger partial charge is 0.330 e. The number of para-hydroxylation sites is 1. The van der Waals surface area contributed by atoms with Gasteiger partial charge < -0.3 is 9.55 Å². The Balaban J connectivity index is 2.08. The summed E-state index contributed by atoms with van der Waals surface area (Å²) in [7, 11) is 0. The number of H-pyrrole nitrogens is 1. The van der Waals surface area contributed by atoms with E-state index in [0.29, 0.717) is 6.54 Å². The van der Waals surface area contributed by atoms with Gasteiger partial charge in [0.2, 0.25) is 0 Å². The number of benzene rings is 1. The van der Waals surface area contributed by atoms with Crippen molar-refractivity contribution in [1.82, 2.24) is 14.5 Å². The van der Waals surface area contributed by atoms with E-state index in [1.165, 1.54) is 0 Å². The second-order valence-corrected chi connectivity index (χ2v) is 4.75. The fourth-order valence-corrected chi connectivity index (χ4v) is 2.20. The van der Waals surface area contributed by atoms with Gasteiger partial charge in [-0.25, -0.2) is 4.98 Å². The first-order valence-corrected chi connectivity index (χ1v) is 6.24. The number of hydrogen-bond acceptors (Lipinski definition) is 2. The quantitative estimate of drug-likeness (QED) is 0.762. The lowest BCUT2D eigenvalue weighted by atomic mass is 10.1. The van der Waals surface area contributed by atoms with Crippen molar-refractivity contribution in [2.24, 2.45) is 0 Å². The van der Waals surface area contributed by atoms with Crippen LogP contribution in [0.2, 0.25) is 0 Å². The van der Waals surface area contributed by atoms with Crippen LogP contribution in [0.5, 0.6) is 0 Å². The SMILES string of the molecule is Cc1ncn(Cc2cc3ccccc3[nH]c2=O)c1C. The summed E-state index contributed by atoms with van der Waals surface area (Å²) >= 11 is 0. The summed E-state index contributed by atoms with van der Waals surface area (Å²) in [6.45, 7) is 4.53. The molecule has 0 unspecified atom stereocenters. The number of aryl methyl sites for hydroxylation is 1. The summed E-state index contributed by atoms with van der Waals surface area (Å²) < 4.78 is 1.99. The molecule has 0 aliphatic rings. The summed E-state index contributed by atoms with van der Waals surface area (Å²) in [5.74, 6) is 0. The van der Waals surface area contributed by atoms with E-state index in [9.17, 15) is 4.79 Å². The van der Waals surface area contributed by atoms with Gasteiger partial charge in [-0.2, -0.15) is 0 Å². The third-order valence-electron chi connectivity index (χ3n) is 3.52. The Bertz CT molecular complexity index is 799. The van der Waals surface area contributed by atoms with Crippen LogP contribution in [0.4, 0.5) is 0 Å². The van der Waals surface area contributed by atoms with Gasteiger partial charge in [-0.1, -0.05) is 18.2 Å². The van der Waals surface area contributed by atoms with Crippen LogP contribution >= 0.6 is 0 Å². The molecule has 2 heterocycles. The number of hydrogen-bond donors (Lipinski definition) is 1. The van der Waals surface area contributed by atoms with Gasteiger partial charge in [0.25, 0.3) is 5.56 Å². The first kappa shape index (κ1) is 11.7. The molecule has 4 nitrogen and oxygen atoms in total. The van der Waals surface area contributed by atoms with Gasteiger partial charge in [0.05, 0.1) is 18.6 Å². The van der Waals surface area contributed by atoms with Gasteiger partial charge in [-0.3, -0.25) is 4.79 Å². The molecule has 3 aromatic rings. The first-order valence-electron chi connectivity index (χ1n) is 6.24. The van der Waals surface area contributed by atoms with Crippen LogP contribution in [-0.2, 0) is 6.54 Å². The van der Waals surface area contributed by atoms with Crippen molar-refractivity contribution < 1.29 is 0 Å². The van der Waals surface area contributed by atoms with E-state index in [4.69, 9.17) is 0 Å². The minimum atomic E-state index is -0.0375. The molecule has 0 saturated heterocycles. The fraction of sp³-hybridized carbons (Fsp3) is 0.200. The molecule has 0 radical (unpaired) electrons. The van der Waals surface area contributed by atoms with Crippen LogP contribution in [0.25, 0.3) is 10.9 Å². The number of aromatic nitrogens is 3. The first-order chi connectivity index (χ1) is 9.15. The molecular formula is C15H15N3O. The van der Waals surface area contributed by atoms with Crippen LogP contribution < -0.4 is 5.56 Å². The highest BCUT2D eigenvalue weighted by Gasteiger charge is 2.07. The molecule has 0 aliphatic carbocycles. The molecule has 19 heavy (non-hydrogen) atoms. The number of nitrogens with zero attached hydrogens (tertiary/aromatic N) is 2. The molecule has 1 N–H and O–H groups in total. The van der Waals surface area contributed by atoms with Crippen molar-refractivity contribution in [2.45, 2.75) is 20.4 Å².